The van der Waals surface area contributed by atoms with E-state index >= 15 is 0 Å². The summed E-state index contributed by atoms with van der Waals surface area (Å²) < 4.78 is 50.2. The molecule has 0 amide bonds. The Kier molecular flexibility index (Phi) is 3.61. The highest BCUT2D eigenvalue weighted by atomic mass is 35.5. The quantitative estimate of drug-likeness (QED) is 0.512. The van der Waals surface area contributed by atoms with Crippen LogP contribution in [0.3, 0.4) is 0 Å². The third kappa shape index (κ3) is 2.83. The zero-order valence-corrected chi connectivity index (χ0v) is 9.92. The molecule has 0 aromatic rings. The molecule has 0 bridgehead atoms. The highest BCUT2D eigenvalue weighted by Gasteiger charge is 2.36. The van der Waals surface area contributed by atoms with Crippen molar-refractivity contribution in [3.05, 3.63) is 35.5 Å². The van der Waals surface area contributed by atoms with Gasteiger partial charge in [0.1, 0.15) is 6.17 Å². The molecule has 98 valence electrons. The summed E-state index contributed by atoms with van der Waals surface area (Å²) in [5, 5.41) is -0.876. The predicted octanol–water partition coefficient (Wildman–Crippen LogP) is 3.76. The van der Waals surface area contributed by atoms with Crippen LogP contribution < -0.4 is 0 Å². The van der Waals surface area contributed by atoms with Gasteiger partial charge in [0.2, 0.25) is 0 Å². The highest BCUT2D eigenvalue weighted by molar-refractivity contribution is 6.23. The number of hydrogen-bond donors (Lipinski definition) is 0. The van der Waals surface area contributed by atoms with Crippen LogP contribution in [-0.2, 0) is 0 Å². The van der Waals surface area contributed by atoms with Crippen LogP contribution in [0, 0.1) is 0 Å². The first-order chi connectivity index (χ1) is 8.38. The summed E-state index contributed by atoms with van der Waals surface area (Å²) in [5.41, 5.74) is -0.194. The minimum atomic E-state index is -4.44. The molecule has 0 fully saturated rings. The molecule has 3 unspecified atom stereocenters. The number of rotatable bonds is 1. The molecule has 1 nitrogen and oxygen atoms in total. The highest BCUT2D eigenvalue weighted by Crippen LogP contribution is 2.32. The molecule has 1 heterocycles. The number of halogens is 5. The van der Waals surface area contributed by atoms with Crippen molar-refractivity contribution >= 4 is 17.8 Å². The summed E-state index contributed by atoms with van der Waals surface area (Å²) in [5.74, 6) is 0. The van der Waals surface area contributed by atoms with Crippen molar-refractivity contribution in [2.24, 2.45) is 4.99 Å². The van der Waals surface area contributed by atoms with E-state index in [2.05, 4.69) is 4.99 Å². The van der Waals surface area contributed by atoms with E-state index in [1.165, 1.54) is 12.2 Å². The number of allylic oxidation sites excluding steroid dienone is 3. The van der Waals surface area contributed by atoms with E-state index in [4.69, 9.17) is 11.6 Å². The van der Waals surface area contributed by atoms with Crippen molar-refractivity contribution < 1.29 is 17.6 Å². The molecule has 0 aromatic heterocycles. The average Bonchev–Trinajstić information content (AvgIpc) is 2.29. The second-order valence-electron chi connectivity index (χ2n) is 4.10. The summed E-state index contributed by atoms with van der Waals surface area (Å²) in [6, 6.07) is -0.582. The van der Waals surface area contributed by atoms with Gasteiger partial charge in [-0.3, -0.25) is 4.99 Å². The molecule has 0 N–H and O–H groups in total. The molecule has 3 atom stereocenters. The first-order valence-corrected chi connectivity index (χ1v) is 5.80. The number of dihydropyridines is 1. The first kappa shape index (κ1) is 13.3. The number of aliphatic imine (C=N–C) groups is 1. The third-order valence-electron chi connectivity index (χ3n) is 2.76. The molecule has 1 aliphatic heterocycles. The van der Waals surface area contributed by atoms with Crippen LogP contribution in [0.4, 0.5) is 17.6 Å². The van der Waals surface area contributed by atoms with Gasteiger partial charge in [0.15, 0.2) is 0 Å². The van der Waals surface area contributed by atoms with E-state index in [-0.39, 0.29) is 6.42 Å². The van der Waals surface area contributed by atoms with Crippen LogP contribution in [-0.4, -0.2) is 30.0 Å². The fraction of sp³-hybridized carbons (Fsp3) is 0.417. The van der Waals surface area contributed by atoms with Gasteiger partial charge in [0.05, 0.1) is 17.0 Å². The fourth-order valence-corrected chi connectivity index (χ4v) is 2.16. The van der Waals surface area contributed by atoms with Gasteiger partial charge in [0, 0.05) is 12.6 Å². The van der Waals surface area contributed by atoms with E-state index < -0.39 is 29.3 Å². The van der Waals surface area contributed by atoms with Gasteiger partial charge >= 0.3 is 6.18 Å². The Morgan fingerprint density at radius 3 is 2.56 bits per heavy atom. The number of nitrogens with zero attached hydrogens (tertiary/aromatic N) is 1. The Bertz CT molecular complexity index is 447. The maximum atomic E-state index is 12.9. The monoisotopic (exact) mass is 279 g/mol. The van der Waals surface area contributed by atoms with E-state index in [0.717, 1.165) is 12.3 Å². The summed E-state index contributed by atoms with van der Waals surface area (Å²) >= 11 is 5.89. The SMILES string of the molecule is FC1C=CC(C2N=CC(C(F)(F)F)=CC2Cl)=CC1. The van der Waals surface area contributed by atoms with Gasteiger partial charge in [-0.05, 0) is 5.57 Å². The summed E-state index contributed by atoms with van der Waals surface area (Å²) in [7, 11) is 0. The van der Waals surface area contributed by atoms with Gasteiger partial charge in [0.25, 0.3) is 0 Å². The van der Waals surface area contributed by atoms with Gasteiger partial charge < -0.3 is 0 Å². The molecular formula is C12H10ClF4N. The Balaban J connectivity index is 2.15. The lowest BCUT2D eigenvalue weighted by Crippen LogP contribution is -2.28. The first-order valence-electron chi connectivity index (χ1n) is 5.36. The van der Waals surface area contributed by atoms with Gasteiger partial charge in [-0.15, -0.1) is 11.6 Å². The molecule has 0 spiro atoms. The van der Waals surface area contributed by atoms with E-state index in [0.29, 0.717) is 5.57 Å². The van der Waals surface area contributed by atoms with Crippen molar-refractivity contribution in [1.82, 2.24) is 0 Å². The van der Waals surface area contributed by atoms with Crippen molar-refractivity contribution in [3.8, 4) is 0 Å². The van der Waals surface area contributed by atoms with Crippen molar-refractivity contribution in [2.45, 2.75) is 30.2 Å². The van der Waals surface area contributed by atoms with Crippen molar-refractivity contribution in [1.29, 1.82) is 0 Å². The lowest BCUT2D eigenvalue weighted by atomic mass is 9.95. The van der Waals surface area contributed by atoms with Gasteiger partial charge in [-0.25, -0.2) is 4.39 Å². The molecule has 2 rings (SSSR count). The molecule has 18 heavy (non-hydrogen) atoms. The average molecular weight is 280 g/mol. The minimum absolute atomic E-state index is 0.206. The van der Waals surface area contributed by atoms with Gasteiger partial charge in [-0.1, -0.05) is 24.3 Å². The number of alkyl halides is 5. The zero-order chi connectivity index (χ0) is 13.3. The standard InChI is InChI=1S/C12H10ClF4N/c13-10-5-8(12(15,16)17)6-18-11(10)7-1-3-9(14)4-2-7/h1-3,5-6,9-11H,4H2. The molecule has 2 aliphatic rings. The van der Waals surface area contributed by atoms with Crippen LogP contribution in [0.2, 0.25) is 0 Å². The zero-order valence-electron chi connectivity index (χ0n) is 9.16. The van der Waals surface area contributed by atoms with Crippen LogP contribution in [0.15, 0.2) is 40.4 Å². The summed E-state index contributed by atoms with van der Waals surface area (Å²) in [6.45, 7) is 0. The maximum Gasteiger partial charge on any atom is 0.417 e. The second kappa shape index (κ2) is 4.88. The summed E-state index contributed by atoms with van der Waals surface area (Å²) in [6.07, 6.45) is 0.940. The molecule has 1 aliphatic carbocycles. The molecule has 6 heteroatoms. The van der Waals surface area contributed by atoms with Crippen LogP contribution in [0.1, 0.15) is 6.42 Å². The lowest BCUT2D eigenvalue weighted by Gasteiger charge is -2.24. The predicted molar refractivity (Wildman–Crippen MR) is 62.8 cm³/mol. The Morgan fingerprint density at radius 2 is 2.06 bits per heavy atom. The lowest BCUT2D eigenvalue weighted by molar-refractivity contribution is -0.0860. The van der Waals surface area contributed by atoms with Crippen molar-refractivity contribution in [3.63, 3.8) is 0 Å². The van der Waals surface area contributed by atoms with Crippen LogP contribution in [0.5, 0.6) is 0 Å². The Hall–Kier alpha value is -1.10. The topological polar surface area (TPSA) is 12.4 Å². The molecular weight excluding hydrogens is 270 g/mol. The van der Waals surface area contributed by atoms with Gasteiger partial charge in [-0.2, -0.15) is 13.2 Å². The fourth-order valence-electron chi connectivity index (χ4n) is 1.82. The Morgan fingerprint density at radius 1 is 1.33 bits per heavy atom. The van der Waals surface area contributed by atoms with Crippen molar-refractivity contribution in [2.75, 3.05) is 0 Å². The molecule has 0 saturated heterocycles. The largest absolute Gasteiger partial charge is 0.417 e. The van der Waals surface area contributed by atoms with E-state index in [9.17, 15) is 17.6 Å². The van der Waals surface area contributed by atoms with Crippen LogP contribution in [0.25, 0.3) is 0 Å². The normalized spacial score (nSPS) is 32.2. The van der Waals surface area contributed by atoms with E-state index in [1.54, 1.807) is 6.08 Å². The number of hydrogen-bond acceptors (Lipinski definition) is 1. The molecule has 0 aromatic carbocycles. The summed E-state index contributed by atoms with van der Waals surface area (Å²) in [4.78, 5) is 3.82. The third-order valence-corrected chi connectivity index (χ3v) is 3.12. The Labute approximate surface area is 107 Å². The van der Waals surface area contributed by atoms with E-state index in [1.807, 2.05) is 0 Å². The van der Waals surface area contributed by atoms with Crippen LogP contribution >= 0.6 is 11.6 Å². The molecule has 0 radical (unpaired) electrons. The second-order valence-corrected chi connectivity index (χ2v) is 4.61. The smallest absolute Gasteiger partial charge is 0.283 e. The maximum absolute atomic E-state index is 12.9. The minimum Gasteiger partial charge on any atom is -0.283 e. The molecule has 0 saturated carbocycles.